The molecule has 0 aromatic rings. The average molecular weight is 286 g/mol. The molecule has 20 heavy (non-hydrogen) atoms. The summed E-state index contributed by atoms with van der Waals surface area (Å²) in [5.41, 5.74) is -1.21. The van der Waals surface area contributed by atoms with E-state index in [2.05, 4.69) is 5.32 Å². The number of likely N-dealkylation sites (N-methyl/N-ethyl adjacent to an activating group) is 1. The lowest BCUT2D eigenvalue weighted by Gasteiger charge is -2.31. The van der Waals surface area contributed by atoms with Gasteiger partial charge in [-0.15, -0.1) is 0 Å². The summed E-state index contributed by atoms with van der Waals surface area (Å²) in [5.74, 6) is -1.00. The molecule has 0 spiro atoms. The number of carboxylic acids is 1. The third-order valence-electron chi connectivity index (χ3n) is 3.70. The first-order valence-electron chi connectivity index (χ1n) is 7.27. The summed E-state index contributed by atoms with van der Waals surface area (Å²) in [4.78, 5) is 24.9. The lowest BCUT2D eigenvalue weighted by Crippen LogP contribution is -2.56. The highest BCUT2D eigenvalue weighted by Gasteiger charge is 2.35. The van der Waals surface area contributed by atoms with Crippen LogP contribution in [-0.2, 0) is 9.53 Å². The molecule has 6 nitrogen and oxygen atoms in total. The van der Waals surface area contributed by atoms with Gasteiger partial charge in [-0.2, -0.15) is 0 Å². The molecule has 1 aliphatic heterocycles. The fourth-order valence-corrected chi connectivity index (χ4v) is 2.39. The lowest BCUT2D eigenvalue weighted by molar-refractivity contribution is -0.144. The molecule has 0 saturated carbocycles. The maximum atomic E-state index is 12.1. The van der Waals surface area contributed by atoms with Crippen molar-refractivity contribution in [2.75, 3.05) is 20.2 Å². The summed E-state index contributed by atoms with van der Waals surface area (Å²) in [6, 6.07) is -0.363. The van der Waals surface area contributed by atoms with Crippen molar-refractivity contribution < 1.29 is 19.4 Å². The Bertz CT molecular complexity index is 342. The van der Waals surface area contributed by atoms with Gasteiger partial charge < -0.3 is 20.1 Å². The van der Waals surface area contributed by atoms with Crippen LogP contribution in [0.5, 0.6) is 0 Å². The highest BCUT2D eigenvalue weighted by atomic mass is 16.5. The average Bonchev–Trinajstić information content (AvgIpc) is 2.39. The third-order valence-corrected chi connectivity index (χ3v) is 3.70. The fraction of sp³-hybridized carbons (Fsp3) is 0.857. The molecule has 116 valence electrons. The van der Waals surface area contributed by atoms with Crippen molar-refractivity contribution in [3.05, 3.63) is 0 Å². The SMILES string of the molecule is CCCC(C)(NC(=O)N(C)CC1CCCCO1)C(=O)O. The van der Waals surface area contributed by atoms with Gasteiger partial charge >= 0.3 is 12.0 Å². The summed E-state index contributed by atoms with van der Waals surface area (Å²) in [5, 5.41) is 11.9. The van der Waals surface area contributed by atoms with Crippen molar-refractivity contribution in [1.82, 2.24) is 10.2 Å². The maximum absolute atomic E-state index is 12.1. The van der Waals surface area contributed by atoms with Crippen LogP contribution in [0.1, 0.15) is 46.0 Å². The molecule has 2 unspecified atom stereocenters. The number of urea groups is 1. The van der Waals surface area contributed by atoms with Crippen molar-refractivity contribution in [2.45, 2.75) is 57.6 Å². The summed E-state index contributed by atoms with van der Waals surface area (Å²) < 4.78 is 5.59. The topological polar surface area (TPSA) is 78.9 Å². The van der Waals surface area contributed by atoms with Crippen molar-refractivity contribution >= 4 is 12.0 Å². The zero-order valence-electron chi connectivity index (χ0n) is 12.6. The van der Waals surface area contributed by atoms with Crippen LogP contribution in [0.3, 0.4) is 0 Å². The zero-order chi connectivity index (χ0) is 15.2. The second kappa shape index (κ2) is 7.47. The third kappa shape index (κ3) is 4.67. The monoisotopic (exact) mass is 286 g/mol. The van der Waals surface area contributed by atoms with Gasteiger partial charge in [-0.25, -0.2) is 9.59 Å². The first-order chi connectivity index (χ1) is 9.39. The van der Waals surface area contributed by atoms with Gasteiger partial charge in [0, 0.05) is 20.2 Å². The van der Waals surface area contributed by atoms with Crippen LogP contribution in [-0.4, -0.2) is 53.8 Å². The molecule has 6 heteroatoms. The second-order valence-electron chi connectivity index (χ2n) is 5.69. The molecule has 2 amide bonds. The van der Waals surface area contributed by atoms with Gasteiger partial charge in [-0.05, 0) is 32.6 Å². The molecule has 1 heterocycles. The number of nitrogens with zero attached hydrogens (tertiary/aromatic N) is 1. The van der Waals surface area contributed by atoms with Crippen LogP contribution in [0, 0.1) is 0 Å². The largest absolute Gasteiger partial charge is 0.480 e. The van der Waals surface area contributed by atoms with Gasteiger partial charge in [0.15, 0.2) is 0 Å². The second-order valence-corrected chi connectivity index (χ2v) is 5.69. The molecule has 2 N–H and O–H groups in total. The Hall–Kier alpha value is -1.30. The highest BCUT2D eigenvalue weighted by Crippen LogP contribution is 2.15. The molecule has 0 aliphatic carbocycles. The normalized spacial score (nSPS) is 21.9. The highest BCUT2D eigenvalue weighted by molar-refractivity contribution is 5.85. The van der Waals surface area contributed by atoms with Gasteiger partial charge in [0.2, 0.25) is 0 Å². The van der Waals surface area contributed by atoms with E-state index in [1.54, 1.807) is 14.0 Å². The number of amides is 2. The van der Waals surface area contributed by atoms with E-state index in [0.29, 0.717) is 19.4 Å². The van der Waals surface area contributed by atoms with Crippen LogP contribution >= 0.6 is 0 Å². The quantitative estimate of drug-likeness (QED) is 0.781. The fourth-order valence-electron chi connectivity index (χ4n) is 2.39. The van der Waals surface area contributed by atoms with Gasteiger partial charge in [0.05, 0.1) is 6.10 Å². The number of carbonyl (C=O) groups excluding carboxylic acids is 1. The number of ether oxygens (including phenoxy) is 1. The molecule has 2 atom stereocenters. The molecule has 0 aromatic carbocycles. The van der Waals surface area contributed by atoms with Gasteiger partial charge in [0.1, 0.15) is 5.54 Å². The van der Waals surface area contributed by atoms with E-state index in [9.17, 15) is 14.7 Å². The molecule has 0 radical (unpaired) electrons. The Morgan fingerprint density at radius 3 is 2.65 bits per heavy atom. The number of hydrogen-bond donors (Lipinski definition) is 2. The molecular formula is C14H26N2O4. The minimum Gasteiger partial charge on any atom is -0.480 e. The van der Waals surface area contributed by atoms with E-state index in [1.807, 2.05) is 6.92 Å². The predicted molar refractivity (Wildman–Crippen MR) is 75.7 cm³/mol. The first-order valence-corrected chi connectivity index (χ1v) is 7.27. The number of hydrogen-bond acceptors (Lipinski definition) is 3. The van der Waals surface area contributed by atoms with Crippen molar-refractivity contribution in [3.8, 4) is 0 Å². The number of carboxylic acid groups (broad SMARTS) is 1. The summed E-state index contributed by atoms with van der Waals surface area (Å²) in [6.07, 6.45) is 4.29. The molecule has 0 bridgehead atoms. The Kier molecular flexibility index (Phi) is 6.26. The van der Waals surface area contributed by atoms with Gasteiger partial charge in [-0.1, -0.05) is 13.3 Å². The minimum absolute atomic E-state index is 0.0572. The van der Waals surface area contributed by atoms with Crippen molar-refractivity contribution in [3.63, 3.8) is 0 Å². The summed E-state index contributed by atoms with van der Waals surface area (Å²) in [7, 11) is 1.67. The van der Waals surface area contributed by atoms with Crippen LogP contribution in [0.4, 0.5) is 4.79 Å². The zero-order valence-corrected chi connectivity index (χ0v) is 12.6. The minimum atomic E-state index is -1.21. The van der Waals surface area contributed by atoms with E-state index < -0.39 is 11.5 Å². The number of rotatable bonds is 6. The Morgan fingerprint density at radius 1 is 1.45 bits per heavy atom. The van der Waals surface area contributed by atoms with Crippen LogP contribution in [0.25, 0.3) is 0 Å². The Morgan fingerprint density at radius 2 is 2.15 bits per heavy atom. The van der Waals surface area contributed by atoms with E-state index in [1.165, 1.54) is 4.90 Å². The molecular weight excluding hydrogens is 260 g/mol. The van der Waals surface area contributed by atoms with Crippen LogP contribution in [0.15, 0.2) is 0 Å². The summed E-state index contributed by atoms with van der Waals surface area (Å²) in [6.45, 7) is 4.67. The number of aliphatic carboxylic acids is 1. The van der Waals surface area contributed by atoms with Gasteiger partial charge in [-0.3, -0.25) is 0 Å². The smallest absolute Gasteiger partial charge is 0.329 e. The molecule has 1 rings (SSSR count). The molecule has 1 fully saturated rings. The standard InChI is InChI=1S/C14H26N2O4/c1-4-8-14(2,12(17)18)15-13(19)16(3)10-11-7-5-6-9-20-11/h11H,4-10H2,1-3H3,(H,15,19)(H,17,18). The van der Waals surface area contributed by atoms with E-state index >= 15 is 0 Å². The molecule has 1 aliphatic rings. The molecule has 0 aromatic heterocycles. The van der Waals surface area contributed by atoms with Crippen LogP contribution in [0.2, 0.25) is 0 Å². The molecule has 1 saturated heterocycles. The van der Waals surface area contributed by atoms with Crippen LogP contribution < -0.4 is 5.32 Å². The van der Waals surface area contributed by atoms with Crippen molar-refractivity contribution in [1.29, 1.82) is 0 Å². The van der Waals surface area contributed by atoms with Crippen molar-refractivity contribution in [2.24, 2.45) is 0 Å². The number of carbonyl (C=O) groups is 2. The Labute approximate surface area is 120 Å². The van der Waals surface area contributed by atoms with Gasteiger partial charge in [0.25, 0.3) is 0 Å². The predicted octanol–water partition coefficient (Wildman–Crippen LogP) is 1.84. The summed E-state index contributed by atoms with van der Waals surface area (Å²) >= 11 is 0. The first kappa shape index (κ1) is 16.8. The maximum Gasteiger partial charge on any atom is 0.329 e. The van der Waals surface area contributed by atoms with E-state index in [0.717, 1.165) is 25.9 Å². The lowest BCUT2D eigenvalue weighted by atomic mass is 9.96. The Balaban J connectivity index is 2.52. The van der Waals surface area contributed by atoms with E-state index in [4.69, 9.17) is 4.74 Å². The van der Waals surface area contributed by atoms with E-state index in [-0.39, 0.29) is 12.1 Å². The number of nitrogens with one attached hydrogen (secondary N) is 1.